The molecule has 0 aliphatic heterocycles. The van der Waals surface area contributed by atoms with Crippen LogP contribution in [-0.2, 0) is 0 Å². The SMILES string of the molecule is Cl.Cl.Cl.Cl.Nc1ccc(C(N)CNc2nc(N)c(N)c(N)n2)nc1. The molecule has 2 aromatic rings. The second-order valence-corrected chi connectivity index (χ2v) is 4.24. The van der Waals surface area contributed by atoms with E-state index in [1.54, 1.807) is 18.3 Å². The largest absolute Gasteiger partial charge is 0.397 e. The molecule has 24 heavy (non-hydrogen) atoms. The fraction of sp³-hybridized carbons (Fsp3) is 0.182. The highest BCUT2D eigenvalue weighted by molar-refractivity contribution is 5.86. The van der Waals surface area contributed by atoms with Crippen molar-refractivity contribution in [3.63, 3.8) is 0 Å². The van der Waals surface area contributed by atoms with Crippen LogP contribution in [0.3, 0.4) is 0 Å². The van der Waals surface area contributed by atoms with Crippen LogP contribution in [0.4, 0.5) is 29.0 Å². The molecule has 9 nitrogen and oxygen atoms in total. The summed E-state index contributed by atoms with van der Waals surface area (Å²) in [7, 11) is 0. The highest BCUT2D eigenvalue weighted by Crippen LogP contribution is 2.20. The molecule has 2 rings (SSSR count). The Morgan fingerprint density at radius 3 is 1.92 bits per heavy atom. The third kappa shape index (κ3) is 6.85. The summed E-state index contributed by atoms with van der Waals surface area (Å²) in [6, 6.07) is 3.14. The molecule has 2 heterocycles. The fourth-order valence-corrected chi connectivity index (χ4v) is 1.53. The Bertz CT molecular complexity index is 588. The van der Waals surface area contributed by atoms with Crippen molar-refractivity contribution < 1.29 is 0 Å². The molecule has 138 valence electrons. The maximum absolute atomic E-state index is 5.99. The highest BCUT2D eigenvalue weighted by atomic mass is 35.5. The molecule has 0 spiro atoms. The maximum Gasteiger partial charge on any atom is 0.226 e. The van der Waals surface area contributed by atoms with Gasteiger partial charge in [0.25, 0.3) is 0 Å². The van der Waals surface area contributed by atoms with Gasteiger partial charge in [-0.25, -0.2) is 0 Å². The Hall–Kier alpha value is -1.65. The van der Waals surface area contributed by atoms with Crippen molar-refractivity contribution in [2.75, 3.05) is 34.8 Å². The highest BCUT2D eigenvalue weighted by Gasteiger charge is 2.10. The third-order valence-electron chi connectivity index (χ3n) is 2.67. The van der Waals surface area contributed by atoms with Gasteiger partial charge in [-0.2, -0.15) is 9.97 Å². The van der Waals surface area contributed by atoms with Crippen molar-refractivity contribution in [2.24, 2.45) is 5.73 Å². The van der Waals surface area contributed by atoms with Crippen molar-refractivity contribution in [1.29, 1.82) is 0 Å². The molecule has 11 N–H and O–H groups in total. The van der Waals surface area contributed by atoms with Gasteiger partial charge in [-0.3, -0.25) is 4.98 Å². The lowest BCUT2D eigenvalue weighted by Crippen LogP contribution is -2.23. The minimum atomic E-state index is -0.348. The van der Waals surface area contributed by atoms with E-state index in [-0.39, 0.29) is 78.9 Å². The Morgan fingerprint density at radius 1 is 0.917 bits per heavy atom. The molecule has 0 radical (unpaired) electrons. The van der Waals surface area contributed by atoms with E-state index in [4.69, 9.17) is 28.7 Å². The number of nitrogens with two attached hydrogens (primary N) is 5. The van der Waals surface area contributed by atoms with E-state index in [0.717, 1.165) is 0 Å². The number of hydrogen-bond acceptors (Lipinski definition) is 9. The van der Waals surface area contributed by atoms with Crippen molar-refractivity contribution in [1.82, 2.24) is 15.0 Å². The van der Waals surface area contributed by atoms with Crippen molar-refractivity contribution in [3.05, 3.63) is 24.0 Å². The van der Waals surface area contributed by atoms with E-state index in [0.29, 0.717) is 17.9 Å². The monoisotopic (exact) mass is 419 g/mol. The van der Waals surface area contributed by atoms with Gasteiger partial charge >= 0.3 is 0 Å². The van der Waals surface area contributed by atoms with E-state index < -0.39 is 0 Å². The van der Waals surface area contributed by atoms with E-state index >= 15 is 0 Å². The van der Waals surface area contributed by atoms with Gasteiger partial charge in [0.15, 0.2) is 11.6 Å². The molecule has 1 unspecified atom stereocenters. The molecule has 0 aliphatic rings. The van der Waals surface area contributed by atoms with Gasteiger partial charge in [-0.1, -0.05) is 0 Å². The zero-order valence-corrected chi connectivity index (χ0v) is 15.6. The number of hydrogen-bond donors (Lipinski definition) is 6. The Kier molecular flexibility index (Phi) is 13.4. The van der Waals surface area contributed by atoms with Gasteiger partial charge in [-0.15, -0.1) is 49.6 Å². The molecule has 0 saturated heterocycles. The zero-order chi connectivity index (χ0) is 14.7. The summed E-state index contributed by atoms with van der Waals surface area (Å²) < 4.78 is 0. The summed E-state index contributed by atoms with van der Waals surface area (Å²) in [4.78, 5) is 12.1. The lowest BCUT2D eigenvalue weighted by Gasteiger charge is -2.13. The van der Waals surface area contributed by atoms with Crippen LogP contribution in [0, 0.1) is 0 Å². The van der Waals surface area contributed by atoms with Crippen LogP contribution in [-0.4, -0.2) is 21.5 Å². The van der Waals surface area contributed by atoms with Gasteiger partial charge in [-0.05, 0) is 12.1 Å². The number of halogens is 4. The van der Waals surface area contributed by atoms with Crippen LogP contribution < -0.4 is 34.0 Å². The Morgan fingerprint density at radius 2 is 1.46 bits per heavy atom. The number of nitrogen functional groups attached to an aromatic ring is 4. The molecule has 0 amide bonds. The second kappa shape index (κ2) is 11.8. The smallest absolute Gasteiger partial charge is 0.226 e. The summed E-state index contributed by atoms with van der Waals surface area (Å²) in [5.41, 5.74) is 29.8. The van der Waals surface area contributed by atoms with Crippen LogP contribution in [0.5, 0.6) is 0 Å². The molecular formula is C11H21Cl4N9. The van der Waals surface area contributed by atoms with Gasteiger partial charge in [0, 0.05) is 6.54 Å². The molecule has 0 aromatic carbocycles. The van der Waals surface area contributed by atoms with Gasteiger partial charge in [0.2, 0.25) is 5.95 Å². The second-order valence-electron chi connectivity index (χ2n) is 4.24. The van der Waals surface area contributed by atoms with E-state index in [1.165, 1.54) is 0 Å². The third-order valence-corrected chi connectivity index (χ3v) is 2.67. The number of anilines is 5. The number of aromatic nitrogens is 3. The summed E-state index contributed by atoms with van der Waals surface area (Å²) in [5, 5.41) is 2.93. The van der Waals surface area contributed by atoms with Crippen LogP contribution in [0.1, 0.15) is 11.7 Å². The summed E-state index contributed by atoms with van der Waals surface area (Å²) in [5.74, 6) is 0.512. The first-order valence-corrected chi connectivity index (χ1v) is 5.86. The number of rotatable bonds is 4. The molecule has 13 heteroatoms. The van der Waals surface area contributed by atoms with Crippen molar-refractivity contribution in [3.8, 4) is 0 Å². The normalized spacial score (nSPS) is 10.0. The van der Waals surface area contributed by atoms with Crippen LogP contribution >= 0.6 is 49.6 Å². The first-order chi connectivity index (χ1) is 9.47. The molecule has 0 aliphatic carbocycles. The van der Waals surface area contributed by atoms with Gasteiger partial charge in [0.05, 0.1) is 23.6 Å². The summed E-state index contributed by atoms with van der Waals surface area (Å²) in [6.45, 7) is 0.361. The average molecular weight is 421 g/mol. The van der Waals surface area contributed by atoms with E-state index in [2.05, 4.69) is 20.3 Å². The predicted octanol–water partition coefficient (Wildman–Crippen LogP) is 0.999. The topological polar surface area (TPSA) is 181 Å². The molecule has 0 fully saturated rings. The van der Waals surface area contributed by atoms with Crippen molar-refractivity contribution in [2.45, 2.75) is 6.04 Å². The lowest BCUT2D eigenvalue weighted by molar-refractivity contribution is 0.731. The summed E-state index contributed by atoms with van der Waals surface area (Å²) in [6.07, 6.45) is 1.55. The predicted molar refractivity (Wildman–Crippen MR) is 108 cm³/mol. The Labute approximate surface area is 164 Å². The number of nitrogens with one attached hydrogen (secondary N) is 1. The quantitative estimate of drug-likeness (QED) is 0.420. The van der Waals surface area contributed by atoms with E-state index in [1.807, 2.05) is 0 Å². The van der Waals surface area contributed by atoms with Crippen LogP contribution in [0.2, 0.25) is 0 Å². The van der Waals surface area contributed by atoms with E-state index in [9.17, 15) is 0 Å². The molecule has 0 bridgehead atoms. The first kappa shape index (κ1) is 27.2. The number of nitrogens with zero attached hydrogens (tertiary/aromatic N) is 3. The standard InChI is InChI=1S/C11H17N9.4ClH/c12-5-1-2-7(17-3-5)6(13)4-18-11-19-9(15)8(14)10(16)20-11;;;;/h1-3,6H,4,12-14H2,(H5,15,16,18,19,20);4*1H. The Balaban J connectivity index is -0.00000110. The molecular weight excluding hydrogens is 400 g/mol. The average Bonchev–Trinajstić information content (AvgIpc) is 2.42. The zero-order valence-electron chi connectivity index (χ0n) is 12.4. The van der Waals surface area contributed by atoms with Gasteiger partial charge in [0.1, 0.15) is 5.69 Å². The van der Waals surface area contributed by atoms with Gasteiger partial charge < -0.3 is 34.0 Å². The van der Waals surface area contributed by atoms with Crippen molar-refractivity contribution >= 4 is 78.6 Å². The lowest BCUT2D eigenvalue weighted by atomic mass is 10.2. The molecule has 0 saturated carbocycles. The molecule has 2 aromatic heterocycles. The maximum atomic E-state index is 5.99. The fourth-order valence-electron chi connectivity index (χ4n) is 1.53. The summed E-state index contributed by atoms with van der Waals surface area (Å²) >= 11 is 0. The van der Waals surface area contributed by atoms with Crippen LogP contribution in [0.25, 0.3) is 0 Å². The minimum Gasteiger partial charge on any atom is -0.397 e. The minimum absolute atomic E-state index is 0. The van der Waals surface area contributed by atoms with Crippen LogP contribution in [0.15, 0.2) is 18.3 Å². The molecule has 1 atom stereocenters. The first-order valence-electron chi connectivity index (χ1n) is 5.86. The number of pyridine rings is 1.